The highest BCUT2D eigenvalue weighted by Crippen LogP contribution is 2.35. The van der Waals surface area contributed by atoms with Crippen molar-refractivity contribution in [1.29, 1.82) is 0 Å². The first-order valence-corrected chi connectivity index (χ1v) is 7.22. The number of carbonyl (C=O) groups is 1. The second kappa shape index (κ2) is 8.51. The van der Waals surface area contributed by atoms with Crippen molar-refractivity contribution in [1.82, 2.24) is 0 Å². The zero-order valence-corrected chi connectivity index (χ0v) is 13.1. The molecule has 0 heterocycles. The Labute approximate surface area is 134 Å². The van der Waals surface area contributed by atoms with Gasteiger partial charge in [-0.25, -0.2) is 0 Å². The molecule has 6 nitrogen and oxygen atoms in total. The van der Waals surface area contributed by atoms with E-state index in [4.69, 9.17) is 22.1 Å². The van der Waals surface area contributed by atoms with E-state index in [2.05, 4.69) is 6.58 Å². The van der Waals surface area contributed by atoms with E-state index in [1.54, 1.807) is 6.08 Å². The van der Waals surface area contributed by atoms with Gasteiger partial charge in [-0.1, -0.05) is 17.7 Å². The van der Waals surface area contributed by atoms with Crippen LogP contribution < -0.4 is 10.5 Å². The molecule has 1 aromatic rings. The molecule has 0 aliphatic rings. The lowest BCUT2D eigenvalue weighted by atomic mass is 10.1. The monoisotopic (exact) mass is 326 g/mol. The van der Waals surface area contributed by atoms with Crippen LogP contribution in [0, 0.1) is 10.1 Å². The Morgan fingerprint density at radius 1 is 1.59 bits per heavy atom. The zero-order chi connectivity index (χ0) is 16.7. The van der Waals surface area contributed by atoms with E-state index in [0.29, 0.717) is 19.4 Å². The first-order chi connectivity index (χ1) is 10.4. The third-order valence-electron chi connectivity index (χ3n) is 3.07. The average molecular weight is 327 g/mol. The van der Waals surface area contributed by atoms with Crippen molar-refractivity contribution in [3.63, 3.8) is 0 Å². The maximum atomic E-state index is 11.4. The minimum Gasteiger partial charge on any atom is -0.492 e. The van der Waals surface area contributed by atoms with E-state index in [1.807, 2.05) is 0 Å². The molecule has 1 aromatic carbocycles. The Morgan fingerprint density at radius 2 is 2.27 bits per heavy atom. The Kier molecular flexibility index (Phi) is 7.01. The van der Waals surface area contributed by atoms with Gasteiger partial charge >= 0.3 is 0 Å². The molecule has 120 valence electrons. The van der Waals surface area contributed by atoms with Crippen molar-refractivity contribution in [2.24, 2.45) is 5.73 Å². The Bertz CT molecular complexity index is 575. The Hall–Kier alpha value is -1.92. The van der Waals surface area contributed by atoms with Crippen LogP contribution in [0.4, 0.5) is 5.69 Å². The molecular weight excluding hydrogens is 308 g/mol. The second-order valence-corrected chi connectivity index (χ2v) is 5.27. The third-order valence-corrected chi connectivity index (χ3v) is 3.45. The summed E-state index contributed by atoms with van der Waals surface area (Å²) in [6.07, 6.45) is 3.87. The summed E-state index contributed by atoms with van der Waals surface area (Å²) in [5, 5.41) is 10.9. The van der Waals surface area contributed by atoms with Gasteiger partial charge in [-0.15, -0.1) is 6.58 Å². The van der Waals surface area contributed by atoms with Gasteiger partial charge in [-0.05, 0) is 32.3 Å². The van der Waals surface area contributed by atoms with Crippen molar-refractivity contribution in [2.45, 2.75) is 32.2 Å². The van der Waals surface area contributed by atoms with Crippen LogP contribution in [-0.4, -0.2) is 23.4 Å². The SMILES string of the molecule is C=CCC(N)CCCOc1cc(C(C)=O)cc([N+](=O)[O-])c1Cl. The van der Waals surface area contributed by atoms with E-state index in [9.17, 15) is 14.9 Å². The number of hydrogen-bond acceptors (Lipinski definition) is 5. The molecule has 0 aromatic heterocycles. The number of rotatable bonds is 9. The lowest BCUT2D eigenvalue weighted by molar-refractivity contribution is -0.384. The van der Waals surface area contributed by atoms with Gasteiger partial charge in [0.25, 0.3) is 5.69 Å². The lowest BCUT2D eigenvalue weighted by Gasteiger charge is -2.11. The molecule has 22 heavy (non-hydrogen) atoms. The number of nitrogens with zero attached hydrogens (tertiary/aromatic N) is 1. The van der Waals surface area contributed by atoms with Gasteiger partial charge in [0.15, 0.2) is 10.8 Å². The minimum atomic E-state index is -0.637. The maximum Gasteiger partial charge on any atom is 0.292 e. The van der Waals surface area contributed by atoms with Crippen molar-refractivity contribution < 1.29 is 14.5 Å². The minimum absolute atomic E-state index is 0.00876. The predicted octanol–water partition coefficient (Wildman–Crippen LogP) is 3.51. The number of nitro groups is 1. The summed E-state index contributed by atoms with van der Waals surface area (Å²) >= 11 is 5.96. The number of nitro benzene ring substituents is 1. The van der Waals surface area contributed by atoms with Gasteiger partial charge < -0.3 is 10.5 Å². The van der Waals surface area contributed by atoms with E-state index < -0.39 is 4.92 Å². The molecule has 0 spiro atoms. The number of benzene rings is 1. The first-order valence-electron chi connectivity index (χ1n) is 6.85. The highest BCUT2D eigenvalue weighted by atomic mass is 35.5. The summed E-state index contributed by atoms with van der Waals surface area (Å²) in [6, 6.07) is 2.58. The standard InChI is InChI=1S/C15H19ClN2O4/c1-3-5-12(17)6-4-7-22-14-9-11(10(2)19)8-13(15(14)16)18(20)21/h3,8-9,12H,1,4-7,17H2,2H3. The number of carbonyl (C=O) groups excluding carboxylic acids is 1. The van der Waals surface area contributed by atoms with Crippen LogP contribution in [0.1, 0.15) is 36.5 Å². The first kappa shape index (κ1) is 18.1. The fourth-order valence-electron chi connectivity index (χ4n) is 1.88. The highest BCUT2D eigenvalue weighted by molar-refractivity contribution is 6.34. The fraction of sp³-hybridized carbons (Fsp3) is 0.400. The van der Waals surface area contributed by atoms with Crippen LogP contribution in [-0.2, 0) is 0 Å². The molecule has 0 aliphatic carbocycles. The molecule has 2 N–H and O–H groups in total. The number of Topliss-reactive ketones (excluding diaryl/α,β-unsaturated/α-hetero) is 1. The third kappa shape index (κ3) is 5.13. The summed E-state index contributed by atoms with van der Waals surface area (Å²) < 4.78 is 5.48. The van der Waals surface area contributed by atoms with Crippen LogP contribution >= 0.6 is 11.6 Å². The maximum absolute atomic E-state index is 11.4. The van der Waals surface area contributed by atoms with Gasteiger partial charge in [0.1, 0.15) is 5.75 Å². The van der Waals surface area contributed by atoms with E-state index >= 15 is 0 Å². The predicted molar refractivity (Wildman–Crippen MR) is 85.6 cm³/mol. The number of ketones is 1. The van der Waals surface area contributed by atoms with Crippen LogP contribution in [0.2, 0.25) is 5.02 Å². The van der Waals surface area contributed by atoms with Crippen molar-refractivity contribution in [2.75, 3.05) is 6.61 Å². The molecule has 1 atom stereocenters. The molecule has 0 aliphatic heterocycles. The number of halogens is 1. The van der Waals surface area contributed by atoms with Crippen molar-refractivity contribution in [3.8, 4) is 5.75 Å². The summed E-state index contributed by atoms with van der Waals surface area (Å²) in [5.41, 5.74) is 5.68. The zero-order valence-electron chi connectivity index (χ0n) is 12.4. The Morgan fingerprint density at radius 3 is 2.82 bits per heavy atom. The van der Waals surface area contributed by atoms with Crippen LogP contribution in [0.3, 0.4) is 0 Å². The molecule has 0 saturated heterocycles. The normalized spacial score (nSPS) is 11.8. The van der Waals surface area contributed by atoms with Gasteiger partial charge in [0.2, 0.25) is 0 Å². The van der Waals surface area contributed by atoms with Gasteiger partial charge in [0, 0.05) is 17.7 Å². The van der Waals surface area contributed by atoms with Gasteiger partial charge in [0.05, 0.1) is 11.5 Å². The van der Waals surface area contributed by atoms with Crippen LogP contribution in [0.15, 0.2) is 24.8 Å². The molecule has 0 fully saturated rings. The van der Waals surface area contributed by atoms with E-state index in [0.717, 1.165) is 12.5 Å². The van der Waals surface area contributed by atoms with E-state index in [1.165, 1.54) is 13.0 Å². The number of nitrogens with two attached hydrogens (primary N) is 1. The number of hydrogen-bond donors (Lipinski definition) is 1. The molecular formula is C15H19ClN2O4. The molecule has 1 rings (SSSR count). The van der Waals surface area contributed by atoms with Crippen molar-refractivity contribution >= 4 is 23.1 Å². The molecule has 0 amide bonds. The van der Waals surface area contributed by atoms with Gasteiger partial charge in [-0.3, -0.25) is 14.9 Å². The van der Waals surface area contributed by atoms with Crippen molar-refractivity contribution in [3.05, 3.63) is 45.5 Å². The van der Waals surface area contributed by atoms with Gasteiger partial charge in [-0.2, -0.15) is 0 Å². The molecule has 0 radical (unpaired) electrons. The highest BCUT2D eigenvalue weighted by Gasteiger charge is 2.20. The Balaban J connectivity index is 2.79. The van der Waals surface area contributed by atoms with E-state index in [-0.39, 0.29) is 33.8 Å². The van der Waals surface area contributed by atoms with Crippen LogP contribution in [0.5, 0.6) is 5.75 Å². The summed E-state index contributed by atoms with van der Waals surface area (Å²) in [5.74, 6) is -0.156. The summed E-state index contributed by atoms with van der Waals surface area (Å²) in [4.78, 5) is 21.8. The lowest BCUT2D eigenvalue weighted by Crippen LogP contribution is -2.19. The summed E-state index contributed by atoms with van der Waals surface area (Å²) in [7, 11) is 0. The topological polar surface area (TPSA) is 95.5 Å². The quantitative estimate of drug-likeness (QED) is 0.246. The largest absolute Gasteiger partial charge is 0.492 e. The fourth-order valence-corrected chi connectivity index (χ4v) is 2.12. The smallest absolute Gasteiger partial charge is 0.292 e. The van der Waals surface area contributed by atoms with Crippen LogP contribution in [0.25, 0.3) is 0 Å². The number of ether oxygens (including phenoxy) is 1. The molecule has 7 heteroatoms. The summed E-state index contributed by atoms with van der Waals surface area (Å²) in [6.45, 7) is 5.25. The molecule has 0 bridgehead atoms. The molecule has 1 unspecified atom stereocenters. The second-order valence-electron chi connectivity index (χ2n) is 4.90. The average Bonchev–Trinajstić information content (AvgIpc) is 2.44. The molecule has 0 saturated carbocycles.